The van der Waals surface area contributed by atoms with Crippen LogP contribution in [0.5, 0.6) is 5.75 Å². The van der Waals surface area contributed by atoms with Gasteiger partial charge in [-0.1, -0.05) is 6.92 Å². The van der Waals surface area contributed by atoms with Crippen molar-refractivity contribution in [3.05, 3.63) is 42.0 Å². The molecule has 0 spiro atoms. The lowest BCUT2D eigenvalue weighted by molar-refractivity contribution is 0.298. The second-order valence-electron chi connectivity index (χ2n) is 4.63. The van der Waals surface area contributed by atoms with Crippen molar-refractivity contribution in [3.8, 4) is 5.75 Å². The van der Waals surface area contributed by atoms with Crippen LogP contribution in [0.15, 0.2) is 30.6 Å². The molecule has 1 unspecified atom stereocenters. The maximum absolute atomic E-state index is 5.90. The zero-order chi connectivity index (χ0) is 13.7. The Kier molecular flexibility index (Phi) is 4.52. The largest absolute Gasteiger partial charge is 0.486 e. The molecule has 19 heavy (non-hydrogen) atoms. The van der Waals surface area contributed by atoms with Crippen LogP contribution in [0.3, 0.4) is 0 Å². The minimum Gasteiger partial charge on any atom is -0.486 e. The molecule has 0 aliphatic rings. The lowest BCUT2D eigenvalue weighted by Crippen LogP contribution is -2.21. The minimum absolute atomic E-state index is 0.174. The highest BCUT2D eigenvalue weighted by atomic mass is 16.5. The van der Waals surface area contributed by atoms with Crippen molar-refractivity contribution >= 4 is 0 Å². The van der Waals surface area contributed by atoms with Crippen molar-refractivity contribution in [2.24, 2.45) is 12.8 Å². The van der Waals surface area contributed by atoms with Crippen LogP contribution in [0.25, 0.3) is 0 Å². The number of aromatic nitrogens is 3. The number of aryl methyl sites for hydroxylation is 1. The van der Waals surface area contributed by atoms with Gasteiger partial charge in [-0.2, -0.15) is 5.10 Å². The molecular weight excluding hydrogens is 240 g/mol. The third-order valence-electron chi connectivity index (χ3n) is 2.95. The van der Waals surface area contributed by atoms with E-state index >= 15 is 0 Å². The molecule has 2 heterocycles. The van der Waals surface area contributed by atoms with Gasteiger partial charge in [0.05, 0.1) is 11.9 Å². The van der Waals surface area contributed by atoms with E-state index in [2.05, 4.69) is 17.0 Å². The summed E-state index contributed by atoms with van der Waals surface area (Å²) in [4.78, 5) is 4.35. The average Bonchev–Trinajstić information content (AvgIpc) is 2.83. The highest BCUT2D eigenvalue weighted by molar-refractivity contribution is 5.20. The summed E-state index contributed by atoms with van der Waals surface area (Å²) in [5.74, 6) is 0.750. The summed E-state index contributed by atoms with van der Waals surface area (Å²) in [6.45, 7) is 2.53. The van der Waals surface area contributed by atoms with Crippen LogP contribution < -0.4 is 10.5 Å². The average molecular weight is 260 g/mol. The molecule has 102 valence electrons. The van der Waals surface area contributed by atoms with Gasteiger partial charge < -0.3 is 10.5 Å². The van der Waals surface area contributed by atoms with E-state index in [0.717, 1.165) is 30.0 Å². The Morgan fingerprint density at radius 1 is 1.32 bits per heavy atom. The van der Waals surface area contributed by atoms with Crippen LogP contribution in [0.1, 0.15) is 24.7 Å². The quantitative estimate of drug-likeness (QED) is 0.858. The summed E-state index contributed by atoms with van der Waals surface area (Å²) in [7, 11) is 1.89. The number of hydrogen-bond donors (Lipinski definition) is 1. The molecule has 0 saturated heterocycles. The molecule has 0 aliphatic heterocycles. The number of nitrogens with two attached hydrogens (primary N) is 1. The Hall–Kier alpha value is -1.88. The Labute approximate surface area is 113 Å². The van der Waals surface area contributed by atoms with Crippen LogP contribution >= 0.6 is 0 Å². The zero-order valence-electron chi connectivity index (χ0n) is 11.4. The van der Waals surface area contributed by atoms with Gasteiger partial charge in [0.15, 0.2) is 0 Å². The standard InChI is InChI=1S/C14H20N4O/c1-3-11(15)8-12-4-5-14(9-16-12)19-10-13-6-7-18(2)17-13/h4-7,9,11H,3,8,10,15H2,1-2H3. The van der Waals surface area contributed by atoms with Crippen molar-refractivity contribution in [2.45, 2.75) is 32.4 Å². The van der Waals surface area contributed by atoms with E-state index in [1.165, 1.54) is 0 Å². The molecule has 2 aromatic rings. The highest BCUT2D eigenvalue weighted by Gasteiger charge is 2.04. The van der Waals surface area contributed by atoms with Gasteiger partial charge in [-0.3, -0.25) is 9.67 Å². The summed E-state index contributed by atoms with van der Waals surface area (Å²) in [6, 6.07) is 5.99. The third kappa shape index (κ3) is 4.06. The van der Waals surface area contributed by atoms with Crippen LogP contribution in [0.4, 0.5) is 0 Å². The molecule has 0 amide bonds. The van der Waals surface area contributed by atoms with E-state index in [4.69, 9.17) is 10.5 Å². The third-order valence-corrected chi connectivity index (χ3v) is 2.95. The van der Waals surface area contributed by atoms with Crippen LogP contribution in [0, 0.1) is 0 Å². The number of nitrogens with zero attached hydrogens (tertiary/aromatic N) is 3. The summed E-state index contributed by atoms with van der Waals surface area (Å²) in [5, 5.41) is 4.25. The van der Waals surface area contributed by atoms with Crippen molar-refractivity contribution in [2.75, 3.05) is 0 Å². The lowest BCUT2D eigenvalue weighted by atomic mass is 10.1. The van der Waals surface area contributed by atoms with E-state index < -0.39 is 0 Å². The fraction of sp³-hybridized carbons (Fsp3) is 0.429. The van der Waals surface area contributed by atoms with Gasteiger partial charge in [0.2, 0.25) is 0 Å². The molecule has 5 nitrogen and oxygen atoms in total. The van der Waals surface area contributed by atoms with Crippen LogP contribution in [-0.2, 0) is 20.1 Å². The minimum atomic E-state index is 0.174. The Morgan fingerprint density at radius 3 is 2.74 bits per heavy atom. The van der Waals surface area contributed by atoms with Crippen molar-refractivity contribution in [1.29, 1.82) is 0 Å². The smallest absolute Gasteiger partial charge is 0.138 e. The highest BCUT2D eigenvalue weighted by Crippen LogP contribution is 2.12. The Bertz CT molecular complexity index is 506. The van der Waals surface area contributed by atoms with Gasteiger partial charge in [0.1, 0.15) is 12.4 Å². The normalized spacial score (nSPS) is 12.4. The molecule has 1 atom stereocenters. The molecule has 0 fully saturated rings. The van der Waals surface area contributed by atoms with Crippen LogP contribution in [-0.4, -0.2) is 20.8 Å². The summed E-state index contributed by atoms with van der Waals surface area (Å²) in [5.41, 5.74) is 7.80. The molecule has 5 heteroatoms. The van der Waals surface area contributed by atoms with E-state index in [1.54, 1.807) is 10.9 Å². The van der Waals surface area contributed by atoms with Gasteiger partial charge in [0.25, 0.3) is 0 Å². The first-order valence-electron chi connectivity index (χ1n) is 6.49. The number of hydrogen-bond acceptors (Lipinski definition) is 4. The molecular formula is C14H20N4O. The lowest BCUT2D eigenvalue weighted by Gasteiger charge is -2.08. The van der Waals surface area contributed by atoms with E-state index in [0.29, 0.717) is 6.61 Å². The fourth-order valence-corrected chi connectivity index (χ4v) is 1.73. The summed E-state index contributed by atoms with van der Waals surface area (Å²) >= 11 is 0. The van der Waals surface area contributed by atoms with Crippen LogP contribution in [0.2, 0.25) is 0 Å². The molecule has 2 aromatic heterocycles. The monoisotopic (exact) mass is 260 g/mol. The Balaban J connectivity index is 1.88. The first kappa shape index (κ1) is 13.5. The van der Waals surface area contributed by atoms with Gasteiger partial charge in [-0.05, 0) is 24.6 Å². The van der Waals surface area contributed by atoms with E-state index in [9.17, 15) is 0 Å². The van der Waals surface area contributed by atoms with Crippen molar-refractivity contribution in [1.82, 2.24) is 14.8 Å². The summed E-state index contributed by atoms with van der Waals surface area (Å²) < 4.78 is 7.38. The zero-order valence-corrected chi connectivity index (χ0v) is 11.4. The van der Waals surface area contributed by atoms with Crippen molar-refractivity contribution < 1.29 is 4.74 Å². The SMILES string of the molecule is CCC(N)Cc1ccc(OCc2ccn(C)n2)cn1. The van der Waals surface area contributed by atoms with Gasteiger partial charge in [-0.15, -0.1) is 0 Å². The molecule has 0 bridgehead atoms. The first-order valence-corrected chi connectivity index (χ1v) is 6.49. The second kappa shape index (κ2) is 6.33. The maximum atomic E-state index is 5.90. The van der Waals surface area contributed by atoms with Gasteiger partial charge in [0, 0.05) is 31.4 Å². The maximum Gasteiger partial charge on any atom is 0.138 e. The summed E-state index contributed by atoms with van der Waals surface area (Å²) in [6.07, 6.45) is 5.39. The number of pyridine rings is 1. The topological polar surface area (TPSA) is 66.0 Å². The van der Waals surface area contributed by atoms with Gasteiger partial charge in [-0.25, -0.2) is 0 Å². The Morgan fingerprint density at radius 2 is 2.16 bits per heavy atom. The fourth-order valence-electron chi connectivity index (χ4n) is 1.73. The van der Waals surface area contributed by atoms with Crippen molar-refractivity contribution in [3.63, 3.8) is 0 Å². The molecule has 0 saturated carbocycles. The molecule has 0 aromatic carbocycles. The molecule has 0 aliphatic carbocycles. The molecule has 2 N–H and O–H groups in total. The van der Waals surface area contributed by atoms with E-state index in [-0.39, 0.29) is 6.04 Å². The first-order chi connectivity index (χ1) is 9.17. The predicted octanol–water partition coefficient (Wildman–Crippen LogP) is 1.67. The van der Waals surface area contributed by atoms with Gasteiger partial charge >= 0.3 is 0 Å². The molecule has 0 radical (unpaired) electrons. The van der Waals surface area contributed by atoms with E-state index in [1.807, 2.05) is 31.4 Å². The number of ether oxygens (including phenoxy) is 1. The predicted molar refractivity (Wildman–Crippen MR) is 73.7 cm³/mol. The molecule has 2 rings (SSSR count). The number of rotatable bonds is 6. The second-order valence-corrected chi connectivity index (χ2v) is 4.63.